The summed E-state index contributed by atoms with van der Waals surface area (Å²) < 4.78 is 2.65. The lowest BCUT2D eigenvalue weighted by atomic mass is 9.94. The first kappa shape index (κ1) is 28.3. The highest BCUT2D eigenvalue weighted by Gasteiger charge is 2.17. The van der Waals surface area contributed by atoms with Crippen LogP contribution in [-0.4, -0.2) is 0 Å². The first-order chi connectivity index (χ1) is 23.8. The summed E-state index contributed by atoms with van der Waals surface area (Å²) in [4.78, 5) is 2.37. The second kappa shape index (κ2) is 12.0. The highest BCUT2D eigenvalue weighted by molar-refractivity contribution is 7.26. The van der Waals surface area contributed by atoms with Gasteiger partial charge >= 0.3 is 0 Å². The number of rotatable bonds is 6. The van der Waals surface area contributed by atoms with E-state index in [4.69, 9.17) is 0 Å². The van der Waals surface area contributed by atoms with E-state index < -0.39 is 0 Å². The van der Waals surface area contributed by atoms with Crippen molar-refractivity contribution in [3.63, 3.8) is 0 Å². The lowest BCUT2D eigenvalue weighted by molar-refractivity contribution is 1.28. The van der Waals surface area contributed by atoms with Crippen LogP contribution in [0, 0.1) is 0 Å². The number of nitrogens with zero attached hydrogens (tertiary/aromatic N) is 1. The van der Waals surface area contributed by atoms with Gasteiger partial charge in [-0.3, -0.25) is 0 Å². The molecule has 0 aliphatic heterocycles. The predicted octanol–water partition coefficient (Wildman–Crippen LogP) is 13.7. The van der Waals surface area contributed by atoms with E-state index >= 15 is 0 Å². The normalized spacial score (nSPS) is 11.3. The molecule has 8 aromatic carbocycles. The highest BCUT2D eigenvalue weighted by Crippen LogP contribution is 2.44. The average Bonchev–Trinajstić information content (AvgIpc) is 3.55. The highest BCUT2D eigenvalue weighted by atomic mass is 32.1. The zero-order valence-electron chi connectivity index (χ0n) is 26.3. The van der Waals surface area contributed by atoms with Crippen molar-refractivity contribution in [3.05, 3.63) is 188 Å². The minimum Gasteiger partial charge on any atom is -0.310 e. The Hall–Kier alpha value is -5.96. The fourth-order valence-corrected chi connectivity index (χ4v) is 8.07. The van der Waals surface area contributed by atoms with Crippen LogP contribution in [0.2, 0.25) is 0 Å². The van der Waals surface area contributed by atoms with Gasteiger partial charge in [0.25, 0.3) is 0 Å². The van der Waals surface area contributed by atoms with Crippen LogP contribution in [0.15, 0.2) is 188 Å². The van der Waals surface area contributed by atoms with Crippen molar-refractivity contribution in [2.75, 3.05) is 4.90 Å². The molecule has 0 saturated carbocycles. The minimum atomic E-state index is 1.11. The molecule has 0 fully saturated rings. The van der Waals surface area contributed by atoms with Crippen molar-refractivity contribution in [1.29, 1.82) is 0 Å². The summed E-state index contributed by atoms with van der Waals surface area (Å²) in [7, 11) is 0. The number of thiophene rings is 1. The fraction of sp³-hybridized carbons (Fsp3) is 0. The maximum Gasteiger partial charge on any atom is 0.0467 e. The van der Waals surface area contributed by atoms with Gasteiger partial charge in [0.1, 0.15) is 0 Å². The third-order valence-corrected chi connectivity index (χ3v) is 10.4. The molecule has 0 aliphatic rings. The molecule has 1 aromatic heterocycles. The molecular formula is C46H31NS. The number of benzene rings is 8. The minimum absolute atomic E-state index is 1.11. The van der Waals surface area contributed by atoms with Gasteiger partial charge in [-0.15, -0.1) is 11.3 Å². The second-order valence-corrected chi connectivity index (χ2v) is 13.2. The van der Waals surface area contributed by atoms with Gasteiger partial charge in [-0.1, -0.05) is 140 Å². The third kappa shape index (κ3) is 5.04. The van der Waals surface area contributed by atoms with Gasteiger partial charge in [-0.2, -0.15) is 0 Å². The van der Waals surface area contributed by atoms with E-state index in [1.54, 1.807) is 0 Å². The van der Waals surface area contributed by atoms with E-state index in [0.717, 1.165) is 17.1 Å². The van der Waals surface area contributed by atoms with Crippen molar-refractivity contribution in [3.8, 4) is 33.4 Å². The first-order valence-electron chi connectivity index (χ1n) is 16.3. The van der Waals surface area contributed by atoms with Gasteiger partial charge in [-0.25, -0.2) is 0 Å². The van der Waals surface area contributed by atoms with Gasteiger partial charge < -0.3 is 4.90 Å². The van der Waals surface area contributed by atoms with Crippen molar-refractivity contribution in [2.45, 2.75) is 0 Å². The molecule has 1 heterocycles. The van der Waals surface area contributed by atoms with Gasteiger partial charge in [0.2, 0.25) is 0 Å². The zero-order chi connectivity index (χ0) is 31.9. The van der Waals surface area contributed by atoms with Crippen LogP contribution in [-0.2, 0) is 0 Å². The molecule has 0 N–H and O–H groups in total. The Kier molecular flexibility index (Phi) is 7.07. The topological polar surface area (TPSA) is 3.24 Å². The van der Waals surface area contributed by atoms with Gasteiger partial charge in [-0.05, 0) is 92.7 Å². The summed E-state index contributed by atoms with van der Waals surface area (Å²) >= 11 is 1.87. The number of hydrogen-bond donors (Lipinski definition) is 0. The summed E-state index contributed by atoms with van der Waals surface area (Å²) in [5, 5.41) is 5.25. The summed E-state index contributed by atoms with van der Waals surface area (Å²) in [6.07, 6.45) is 0. The Balaban J connectivity index is 1.20. The summed E-state index contributed by atoms with van der Waals surface area (Å²) in [5.74, 6) is 0. The van der Waals surface area contributed by atoms with E-state index in [0.29, 0.717) is 0 Å². The largest absolute Gasteiger partial charge is 0.310 e. The first-order valence-corrected chi connectivity index (χ1v) is 17.2. The maximum absolute atomic E-state index is 2.37. The average molecular weight is 630 g/mol. The Bertz CT molecular complexity index is 2450. The monoisotopic (exact) mass is 629 g/mol. The molecule has 0 unspecified atom stereocenters. The van der Waals surface area contributed by atoms with Crippen LogP contribution in [0.1, 0.15) is 0 Å². The molecule has 0 spiro atoms. The molecule has 0 radical (unpaired) electrons. The Labute approximate surface area is 284 Å². The van der Waals surface area contributed by atoms with Gasteiger partial charge in [0.05, 0.1) is 0 Å². The number of fused-ring (bicyclic) bond motifs is 5. The molecule has 0 saturated heterocycles. The lowest BCUT2D eigenvalue weighted by Crippen LogP contribution is -2.10. The van der Waals surface area contributed by atoms with Crippen molar-refractivity contribution >= 4 is 59.3 Å². The number of hydrogen-bond acceptors (Lipinski definition) is 2. The van der Waals surface area contributed by atoms with Crippen molar-refractivity contribution < 1.29 is 0 Å². The molecule has 1 nitrogen and oxygen atoms in total. The molecule has 9 aromatic rings. The summed E-state index contributed by atoms with van der Waals surface area (Å²) in [5.41, 5.74) is 10.6. The molecule has 2 heteroatoms. The van der Waals surface area contributed by atoms with Crippen LogP contribution in [0.3, 0.4) is 0 Å². The molecular weight excluding hydrogens is 599 g/mol. The van der Waals surface area contributed by atoms with Gasteiger partial charge in [0, 0.05) is 37.2 Å². The molecule has 0 amide bonds. The quantitative estimate of drug-likeness (QED) is 0.177. The Morgan fingerprint density at radius 1 is 0.333 bits per heavy atom. The summed E-state index contributed by atoms with van der Waals surface area (Å²) in [6, 6.07) is 68.1. The van der Waals surface area contributed by atoms with Crippen molar-refractivity contribution in [1.82, 2.24) is 0 Å². The van der Waals surface area contributed by atoms with Gasteiger partial charge in [0.15, 0.2) is 0 Å². The predicted molar refractivity (Wildman–Crippen MR) is 208 cm³/mol. The van der Waals surface area contributed by atoms with E-state index in [-0.39, 0.29) is 0 Å². The standard InChI is InChI=1S/C46H31NS/c1-3-11-32(12-4-1)34-21-26-38(27-22-34)47(39-28-23-35(24-29-39)33-13-5-2-6-14-33)40-17-9-16-37(31-40)41-19-10-15-36-25-30-44-46(45(36)41)42-18-7-8-20-43(42)48-44/h1-31H. The zero-order valence-corrected chi connectivity index (χ0v) is 27.1. The Morgan fingerprint density at radius 2 is 0.896 bits per heavy atom. The molecule has 0 bridgehead atoms. The maximum atomic E-state index is 2.37. The van der Waals surface area contributed by atoms with Crippen LogP contribution in [0.4, 0.5) is 17.1 Å². The van der Waals surface area contributed by atoms with Crippen LogP contribution < -0.4 is 4.90 Å². The molecule has 48 heavy (non-hydrogen) atoms. The Morgan fingerprint density at radius 3 is 1.56 bits per heavy atom. The van der Waals surface area contributed by atoms with Crippen LogP contribution >= 0.6 is 11.3 Å². The van der Waals surface area contributed by atoms with Crippen molar-refractivity contribution in [2.24, 2.45) is 0 Å². The molecule has 9 rings (SSSR count). The number of anilines is 3. The van der Waals surface area contributed by atoms with E-state index in [1.807, 2.05) is 11.3 Å². The lowest BCUT2D eigenvalue weighted by Gasteiger charge is -2.26. The van der Waals surface area contributed by atoms with E-state index in [9.17, 15) is 0 Å². The molecule has 0 atom stereocenters. The SMILES string of the molecule is c1ccc(-c2ccc(N(c3ccc(-c4ccccc4)cc3)c3cccc(-c4cccc5ccc6sc7ccccc7c6c45)c3)cc2)cc1. The van der Waals surface area contributed by atoms with Crippen LogP contribution in [0.5, 0.6) is 0 Å². The summed E-state index contributed by atoms with van der Waals surface area (Å²) in [6.45, 7) is 0. The fourth-order valence-electron chi connectivity index (χ4n) is 6.96. The smallest absolute Gasteiger partial charge is 0.0467 e. The second-order valence-electron chi connectivity index (χ2n) is 12.2. The van der Waals surface area contributed by atoms with E-state index in [1.165, 1.54) is 64.3 Å². The molecule has 0 aliphatic carbocycles. The van der Waals surface area contributed by atoms with Crippen LogP contribution in [0.25, 0.3) is 64.3 Å². The third-order valence-electron chi connectivity index (χ3n) is 9.26. The molecule has 226 valence electrons. The van der Waals surface area contributed by atoms with E-state index in [2.05, 4.69) is 193 Å².